The molecule has 2 rings (SSSR count). The summed E-state index contributed by atoms with van der Waals surface area (Å²) in [6.07, 6.45) is 0.968. The van der Waals surface area contributed by atoms with Crippen molar-refractivity contribution >= 4 is 46.2 Å². The molecule has 1 heterocycles. The van der Waals surface area contributed by atoms with Crippen molar-refractivity contribution < 1.29 is 18.7 Å². The highest BCUT2D eigenvalue weighted by molar-refractivity contribution is 14.1. The first-order chi connectivity index (χ1) is 12.0. The van der Waals surface area contributed by atoms with Crippen LogP contribution in [0.1, 0.15) is 44.0 Å². The molecule has 1 aliphatic heterocycles. The number of piperidine rings is 1. The Morgan fingerprint density at radius 2 is 1.88 bits per heavy atom. The van der Waals surface area contributed by atoms with Gasteiger partial charge in [-0.1, -0.05) is 11.6 Å². The number of likely N-dealkylation sites (tertiary alicyclic amines) is 1. The second kappa shape index (κ2) is 8.29. The monoisotopic (exact) mass is 496 g/mol. The van der Waals surface area contributed by atoms with E-state index in [-0.39, 0.29) is 28.6 Å². The topological polar surface area (TPSA) is 49.9 Å². The minimum Gasteiger partial charge on any atom is -0.444 e. The summed E-state index contributed by atoms with van der Waals surface area (Å²) in [5.41, 5.74) is -0.244. The molecule has 8 heteroatoms. The van der Waals surface area contributed by atoms with Gasteiger partial charge >= 0.3 is 6.09 Å². The highest BCUT2D eigenvalue weighted by Gasteiger charge is 2.31. The molecule has 26 heavy (non-hydrogen) atoms. The predicted molar refractivity (Wildman–Crippen MR) is 107 cm³/mol. The van der Waals surface area contributed by atoms with Crippen LogP contribution in [0.2, 0.25) is 5.02 Å². The molecule has 1 fully saturated rings. The average Bonchev–Trinajstić information content (AvgIpc) is 2.55. The van der Waals surface area contributed by atoms with Crippen molar-refractivity contribution in [3.63, 3.8) is 0 Å². The minimum absolute atomic E-state index is 0.0139. The van der Waals surface area contributed by atoms with E-state index < -0.39 is 11.4 Å². The number of benzene rings is 1. The van der Waals surface area contributed by atoms with E-state index in [9.17, 15) is 14.0 Å². The first-order valence-corrected chi connectivity index (χ1v) is 9.85. The highest BCUT2D eigenvalue weighted by Crippen LogP contribution is 2.25. The maximum absolute atomic E-state index is 13.5. The van der Waals surface area contributed by atoms with Crippen LogP contribution in [-0.2, 0) is 4.74 Å². The van der Waals surface area contributed by atoms with E-state index in [1.165, 1.54) is 6.07 Å². The molecule has 2 amide bonds. The van der Waals surface area contributed by atoms with E-state index in [2.05, 4.69) is 0 Å². The molecule has 0 bridgehead atoms. The zero-order valence-electron chi connectivity index (χ0n) is 15.3. The van der Waals surface area contributed by atoms with Crippen molar-refractivity contribution in [2.24, 2.45) is 0 Å². The summed E-state index contributed by atoms with van der Waals surface area (Å²) in [7, 11) is 1.71. The molecule has 1 saturated heterocycles. The third-order valence-corrected chi connectivity index (χ3v) is 5.36. The molecular formula is C18H23ClFIN2O3. The Balaban J connectivity index is 2.00. The van der Waals surface area contributed by atoms with Crippen LogP contribution < -0.4 is 0 Å². The van der Waals surface area contributed by atoms with Crippen molar-refractivity contribution in [2.45, 2.75) is 45.3 Å². The van der Waals surface area contributed by atoms with Gasteiger partial charge in [0, 0.05) is 29.7 Å². The highest BCUT2D eigenvalue weighted by atomic mass is 127. The van der Waals surface area contributed by atoms with Crippen molar-refractivity contribution in [3.8, 4) is 0 Å². The van der Waals surface area contributed by atoms with Crippen molar-refractivity contribution in [3.05, 3.63) is 32.1 Å². The van der Waals surface area contributed by atoms with E-state index in [1.807, 2.05) is 43.4 Å². The van der Waals surface area contributed by atoms with E-state index >= 15 is 0 Å². The molecule has 1 aromatic carbocycles. The van der Waals surface area contributed by atoms with E-state index in [0.29, 0.717) is 29.5 Å². The normalized spacial score (nSPS) is 15.7. The molecule has 1 aromatic rings. The smallest absolute Gasteiger partial charge is 0.410 e. The Morgan fingerprint density at radius 1 is 1.31 bits per heavy atom. The molecule has 0 radical (unpaired) electrons. The Kier molecular flexibility index (Phi) is 6.76. The fourth-order valence-electron chi connectivity index (χ4n) is 2.80. The third kappa shape index (κ3) is 5.22. The van der Waals surface area contributed by atoms with Gasteiger partial charge in [0.25, 0.3) is 5.91 Å². The molecule has 0 unspecified atom stereocenters. The number of ether oxygens (including phenoxy) is 1. The molecule has 0 atom stereocenters. The van der Waals surface area contributed by atoms with Gasteiger partial charge in [0.15, 0.2) is 0 Å². The summed E-state index contributed by atoms with van der Waals surface area (Å²) in [4.78, 5) is 28.2. The minimum atomic E-state index is -0.531. The van der Waals surface area contributed by atoms with Crippen LogP contribution >= 0.6 is 34.2 Å². The first kappa shape index (κ1) is 21.2. The Labute approximate surface area is 171 Å². The van der Waals surface area contributed by atoms with E-state index in [1.54, 1.807) is 16.8 Å². The number of carbonyl (C=O) groups is 2. The van der Waals surface area contributed by atoms with Gasteiger partial charge in [0.2, 0.25) is 0 Å². The Morgan fingerprint density at radius 3 is 2.42 bits per heavy atom. The van der Waals surface area contributed by atoms with Gasteiger partial charge < -0.3 is 14.5 Å². The molecule has 144 valence electrons. The lowest BCUT2D eigenvalue weighted by Gasteiger charge is -2.37. The standard InChI is InChI=1S/C18H23ClFIN2O3/c1-18(2,3)26-17(25)23-7-5-11(6-8-23)22(4)16(24)12-9-15(21)14(20)10-13(12)19/h9-11H,5-8H2,1-4H3. The number of nitrogens with zero attached hydrogens (tertiary/aromatic N) is 2. The average molecular weight is 497 g/mol. The van der Waals surface area contributed by atoms with Gasteiger partial charge in [-0.3, -0.25) is 4.79 Å². The zero-order valence-corrected chi connectivity index (χ0v) is 18.2. The van der Waals surface area contributed by atoms with Gasteiger partial charge in [-0.25, -0.2) is 9.18 Å². The lowest BCUT2D eigenvalue weighted by molar-refractivity contribution is 0.0160. The number of rotatable bonds is 2. The molecule has 5 nitrogen and oxygen atoms in total. The van der Waals surface area contributed by atoms with Crippen LogP contribution in [0.25, 0.3) is 0 Å². The third-order valence-electron chi connectivity index (χ3n) is 4.22. The molecule has 0 aliphatic carbocycles. The van der Waals surface area contributed by atoms with Crippen LogP contribution in [0.5, 0.6) is 0 Å². The molecule has 1 aliphatic rings. The van der Waals surface area contributed by atoms with Gasteiger partial charge in [-0.2, -0.15) is 0 Å². The molecule has 0 N–H and O–H groups in total. The second-order valence-electron chi connectivity index (χ2n) is 7.36. The van der Waals surface area contributed by atoms with Crippen LogP contribution in [0, 0.1) is 9.39 Å². The molecular weight excluding hydrogens is 474 g/mol. The molecule has 0 spiro atoms. The number of halogens is 3. The quantitative estimate of drug-likeness (QED) is 0.446. The lowest BCUT2D eigenvalue weighted by Crippen LogP contribution is -2.48. The maximum Gasteiger partial charge on any atom is 0.410 e. The van der Waals surface area contributed by atoms with Crippen molar-refractivity contribution in [1.82, 2.24) is 9.80 Å². The van der Waals surface area contributed by atoms with Gasteiger partial charge in [-0.05, 0) is 68.3 Å². The van der Waals surface area contributed by atoms with Gasteiger partial charge in [0.1, 0.15) is 11.4 Å². The van der Waals surface area contributed by atoms with Gasteiger partial charge in [0.05, 0.1) is 10.6 Å². The fourth-order valence-corrected chi connectivity index (χ4v) is 3.50. The summed E-state index contributed by atoms with van der Waals surface area (Å²) >= 11 is 7.88. The van der Waals surface area contributed by atoms with E-state index in [4.69, 9.17) is 16.3 Å². The van der Waals surface area contributed by atoms with Crippen molar-refractivity contribution in [1.29, 1.82) is 0 Å². The molecule has 0 saturated carbocycles. The number of hydrogen-bond acceptors (Lipinski definition) is 3. The predicted octanol–water partition coefficient (Wildman–Crippen LogP) is 4.56. The largest absolute Gasteiger partial charge is 0.444 e. The summed E-state index contributed by atoms with van der Waals surface area (Å²) in [6.45, 7) is 6.53. The zero-order chi connectivity index (χ0) is 19.6. The van der Waals surface area contributed by atoms with Crippen LogP contribution in [0.4, 0.5) is 9.18 Å². The van der Waals surface area contributed by atoms with Crippen molar-refractivity contribution in [2.75, 3.05) is 20.1 Å². The summed E-state index contributed by atoms with van der Waals surface area (Å²) in [6, 6.07) is 2.61. The fraction of sp³-hybridized carbons (Fsp3) is 0.556. The lowest BCUT2D eigenvalue weighted by atomic mass is 10.0. The maximum atomic E-state index is 13.5. The molecule has 0 aromatic heterocycles. The van der Waals surface area contributed by atoms with Crippen LogP contribution in [-0.4, -0.2) is 53.6 Å². The Bertz CT molecular complexity index is 700. The SMILES string of the molecule is CN(C(=O)c1cc(I)c(F)cc1Cl)C1CCN(C(=O)OC(C)(C)C)CC1. The number of hydrogen-bond donors (Lipinski definition) is 0. The van der Waals surface area contributed by atoms with Gasteiger partial charge in [-0.15, -0.1) is 0 Å². The van der Waals surface area contributed by atoms with Crippen LogP contribution in [0.15, 0.2) is 12.1 Å². The summed E-state index contributed by atoms with van der Waals surface area (Å²) in [5.74, 6) is -0.691. The number of amides is 2. The second-order valence-corrected chi connectivity index (χ2v) is 8.93. The summed E-state index contributed by atoms with van der Waals surface area (Å²) in [5, 5.41) is 0.103. The van der Waals surface area contributed by atoms with Crippen LogP contribution in [0.3, 0.4) is 0 Å². The summed E-state index contributed by atoms with van der Waals surface area (Å²) < 4.78 is 19.3. The van der Waals surface area contributed by atoms with E-state index in [0.717, 1.165) is 6.07 Å². The number of carbonyl (C=O) groups excluding carboxylic acids is 2. The Hall–Kier alpha value is -1.09. The first-order valence-electron chi connectivity index (χ1n) is 8.39.